The van der Waals surface area contributed by atoms with Crippen LogP contribution in [0, 0.1) is 17.0 Å². The Kier molecular flexibility index (Phi) is 11.7. The summed E-state index contributed by atoms with van der Waals surface area (Å²) in [6.07, 6.45) is 0. The Morgan fingerprint density at radius 1 is 0.828 bits per heavy atom. The van der Waals surface area contributed by atoms with Gasteiger partial charge in [-0.05, 0) is 117 Å². The molecule has 1 aliphatic rings. The molecule has 7 rings (SSSR count). The van der Waals surface area contributed by atoms with Crippen LogP contribution in [0.4, 0.5) is 28.4 Å². The summed E-state index contributed by atoms with van der Waals surface area (Å²) in [7, 11) is -4.13. The van der Waals surface area contributed by atoms with Gasteiger partial charge in [-0.1, -0.05) is 54.1 Å². The molecule has 0 saturated carbocycles. The van der Waals surface area contributed by atoms with Gasteiger partial charge >= 0.3 is 5.97 Å². The fourth-order valence-electron chi connectivity index (χ4n) is 7.34. The van der Waals surface area contributed by atoms with Gasteiger partial charge in [0.05, 0.1) is 21.1 Å². The van der Waals surface area contributed by atoms with E-state index in [1.807, 2.05) is 106 Å². The van der Waals surface area contributed by atoms with Gasteiger partial charge in [0.25, 0.3) is 15.7 Å². The first-order valence-corrected chi connectivity index (χ1v) is 21.2. The normalized spacial score (nSPS) is 13.1. The van der Waals surface area contributed by atoms with E-state index in [2.05, 4.69) is 29.9 Å². The molecular weight excluding hydrogens is 796 g/mol. The first kappa shape index (κ1) is 40.2. The molecule has 2 heterocycles. The summed E-state index contributed by atoms with van der Waals surface area (Å²) in [5.74, 6) is -0.982. The number of carboxylic acid groups (broad SMARTS) is 1. The number of aromatic nitrogens is 1. The molecule has 298 valence electrons. The summed E-state index contributed by atoms with van der Waals surface area (Å²) in [5, 5.41) is 23.0. The number of nitrogens with zero attached hydrogens (tertiary/aromatic N) is 4. The molecule has 0 aliphatic carbocycles. The topological polar surface area (TPSA) is 150 Å². The van der Waals surface area contributed by atoms with Crippen molar-refractivity contribution in [3.63, 3.8) is 0 Å². The van der Waals surface area contributed by atoms with Gasteiger partial charge in [-0.2, -0.15) is 0 Å². The number of rotatable bonds is 13. The van der Waals surface area contributed by atoms with E-state index in [0.717, 1.165) is 39.2 Å². The van der Waals surface area contributed by atoms with E-state index in [1.165, 1.54) is 24.1 Å². The van der Waals surface area contributed by atoms with E-state index in [9.17, 15) is 28.4 Å². The Balaban J connectivity index is 1.04. The highest BCUT2D eigenvalue weighted by molar-refractivity contribution is 8.00. The summed E-state index contributed by atoms with van der Waals surface area (Å²) in [6, 6.07) is 35.6. The number of hydrogen-bond acceptors (Lipinski definition) is 9. The second-order valence-corrected chi connectivity index (χ2v) is 17.1. The number of nitro groups is 1. The van der Waals surface area contributed by atoms with Crippen LogP contribution in [0.1, 0.15) is 35.9 Å². The summed E-state index contributed by atoms with van der Waals surface area (Å²) < 4.78 is 34.2. The molecule has 0 amide bonds. The highest BCUT2D eigenvalue weighted by Gasteiger charge is 2.29. The predicted molar refractivity (Wildman–Crippen MR) is 233 cm³/mol. The summed E-state index contributed by atoms with van der Waals surface area (Å²) >= 11 is 7.42. The number of piperazine rings is 1. The average Bonchev–Trinajstić information content (AvgIpc) is 3.54. The van der Waals surface area contributed by atoms with Crippen molar-refractivity contribution in [1.29, 1.82) is 0 Å². The third kappa shape index (κ3) is 8.49. The third-order valence-corrected chi connectivity index (χ3v) is 12.5. The first-order valence-electron chi connectivity index (χ1n) is 18.5. The molecule has 58 heavy (non-hydrogen) atoms. The van der Waals surface area contributed by atoms with E-state index in [1.54, 1.807) is 12.1 Å². The van der Waals surface area contributed by atoms with Crippen molar-refractivity contribution in [1.82, 2.24) is 4.57 Å². The zero-order chi connectivity index (χ0) is 41.1. The predicted octanol–water partition coefficient (Wildman–Crippen LogP) is 10.2. The molecule has 3 N–H and O–H groups in total. The van der Waals surface area contributed by atoms with Gasteiger partial charge in [0.15, 0.2) is 0 Å². The van der Waals surface area contributed by atoms with Crippen molar-refractivity contribution in [3.8, 4) is 22.4 Å². The van der Waals surface area contributed by atoms with E-state index >= 15 is 0 Å². The Bertz CT molecular complexity index is 2580. The second-order valence-electron chi connectivity index (χ2n) is 14.1. The fraction of sp³-hybridized carbons (Fsp3) is 0.186. The minimum Gasteiger partial charge on any atom is -0.478 e. The van der Waals surface area contributed by atoms with Crippen LogP contribution in [0.25, 0.3) is 22.4 Å². The number of sulfonamides is 1. The molecular formula is C43H41ClN6O6S2. The number of nitro benzene ring substituents is 1. The monoisotopic (exact) mass is 836 g/mol. The number of nitrogens with one attached hydrogen (secondary N) is 2. The van der Waals surface area contributed by atoms with Crippen LogP contribution >= 0.6 is 23.5 Å². The molecule has 15 heteroatoms. The molecule has 1 fully saturated rings. The number of aromatic carboxylic acids is 1. The third-order valence-electron chi connectivity index (χ3n) is 10.1. The SMILES string of the molecule is Cc1c(C(=O)O)c(-c2cccc(N3CCN(c4ccc(NS(=O)(=O)c5ccc(NSc6ccccc6)c([N+](=O)[O-])c5)cc4)CC3)c2)c(-c2ccc(Cl)cc2)n1C(C)C. The quantitative estimate of drug-likeness (QED) is 0.0583. The van der Waals surface area contributed by atoms with Crippen molar-refractivity contribution in [2.24, 2.45) is 0 Å². The number of carbonyl (C=O) groups is 1. The maximum atomic E-state index is 13.3. The maximum Gasteiger partial charge on any atom is 0.338 e. The van der Waals surface area contributed by atoms with Gasteiger partial charge in [0, 0.05) is 76.5 Å². The van der Waals surface area contributed by atoms with Crippen LogP contribution in [0.2, 0.25) is 5.02 Å². The number of carboxylic acids is 1. The van der Waals surface area contributed by atoms with Crippen LogP contribution in [0.3, 0.4) is 0 Å². The van der Waals surface area contributed by atoms with E-state index in [0.29, 0.717) is 48.1 Å². The van der Waals surface area contributed by atoms with Gasteiger partial charge in [0.2, 0.25) is 0 Å². The van der Waals surface area contributed by atoms with Gasteiger partial charge in [-0.15, -0.1) is 0 Å². The molecule has 1 saturated heterocycles. The molecule has 0 atom stereocenters. The zero-order valence-corrected chi connectivity index (χ0v) is 34.3. The molecule has 0 bridgehead atoms. The molecule has 1 aromatic heterocycles. The number of hydrogen-bond donors (Lipinski definition) is 3. The first-order chi connectivity index (χ1) is 27.8. The van der Waals surface area contributed by atoms with E-state index in [-0.39, 0.29) is 27.9 Å². The minimum atomic E-state index is -4.13. The largest absolute Gasteiger partial charge is 0.478 e. The molecule has 12 nitrogen and oxygen atoms in total. The van der Waals surface area contributed by atoms with Crippen molar-refractivity contribution in [2.45, 2.75) is 36.6 Å². The smallest absolute Gasteiger partial charge is 0.338 e. The zero-order valence-electron chi connectivity index (χ0n) is 31.9. The Hall–Kier alpha value is -5.96. The Morgan fingerprint density at radius 2 is 1.48 bits per heavy atom. The number of anilines is 4. The molecule has 0 unspecified atom stereocenters. The number of halogens is 1. The van der Waals surface area contributed by atoms with E-state index in [4.69, 9.17) is 11.6 Å². The number of benzene rings is 5. The lowest BCUT2D eigenvalue weighted by Gasteiger charge is -2.37. The summed E-state index contributed by atoms with van der Waals surface area (Å²) in [6.45, 7) is 8.74. The van der Waals surface area contributed by atoms with Gasteiger partial charge in [-0.25, -0.2) is 13.2 Å². The maximum absolute atomic E-state index is 13.3. The Labute approximate surface area is 346 Å². The van der Waals surface area contributed by atoms with Crippen LogP contribution < -0.4 is 19.2 Å². The molecule has 1 aliphatic heterocycles. The van der Waals surface area contributed by atoms with Gasteiger partial charge in [0.1, 0.15) is 5.69 Å². The van der Waals surface area contributed by atoms with Crippen LogP contribution in [-0.2, 0) is 10.0 Å². The average molecular weight is 837 g/mol. The highest BCUT2D eigenvalue weighted by atomic mass is 35.5. The second kappa shape index (κ2) is 16.9. The van der Waals surface area contributed by atoms with Gasteiger partial charge < -0.3 is 24.2 Å². The lowest BCUT2D eigenvalue weighted by Crippen LogP contribution is -2.46. The highest BCUT2D eigenvalue weighted by Crippen LogP contribution is 2.42. The molecule has 5 aromatic carbocycles. The fourth-order valence-corrected chi connectivity index (χ4v) is 9.24. The molecule has 0 spiro atoms. The van der Waals surface area contributed by atoms with Crippen LogP contribution in [-0.4, -0.2) is 55.2 Å². The molecule has 0 radical (unpaired) electrons. The van der Waals surface area contributed by atoms with Gasteiger partial charge in [-0.3, -0.25) is 14.8 Å². The Morgan fingerprint density at radius 3 is 2.10 bits per heavy atom. The standard InChI is InChI=1S/C43H41ClN6O6S2/c1-28(2)49-29(3)40(43(51)52)41(42(49)30-12-14-32(44)15-13-30)31-8-7-9-35(26-31)48-24-22-47(23-25-48)34-18-16-33(17-19-34)46-58(55,56)37-20-21-38(39(27-37)50(53)54)45-57-36-10-5-4-6-11-36/h4-21,26-28,45-46H,22-25H2,1-3H3,(H,51,52). The van der Waals surface area contributed by atoms with Crippen molar-refractivity contribution < 1.29 is 23.2 Å². The van der Waals surface area contributed by atoms with Crippen LogP contribution in [0.15, 0.2) is 131 Å². The minimum absolute atomic E-state index is 0.0111. The summed E-state index contributed by atoms with van der Waals surface area (Å²) in [4.78, 5) is 29.2. The van der Waals surface area contributed by atoms with Crippen LogP contribution in [0.5, 0.6) is 0 Å². The summed E-state index contributed by atoms with van der Waals surface area (Å²) in [5.41, 5.74) is 6.20. The van der Waals surface area contributed by atoms with Crippen molar-refractivity contribution >= 4 is 68.0 Å². The van der Waals surface area contributed by atoms with Crippen molar-refractivity contribution in [3.05, 3.63) is 148 Å². The molecule has 6 aromatic rings. The van der Waals surface area contributed by atoms with Crippen molar-refractivity contribution in [2.75, 3.05) is 45.4 Å². The van der Waals surface area contributed by atoms with E-state index < -0.39 is 20.9 Å². The lowest BCUT2D eigenvalue weighted by molar-refractivity contribution is -0.384. The lowest BCUT2D eigenvalue weighted by atomic mass is 9.96.